The van der Waals surface area contributed by atoms with Crippen LogP contribution in [0.2, 0.25) is 0 Å². The lowest BCUT2D eigenvalue weighted by Gasteiger charge is -2.18. The molecule has 4 N–H and O–H groups in total. The molecule has 0 saturated carbocycles. The van der Waals surface area contributed by atoms with Gasteiger partial charge in [0.2, 0.25) is 0 Å². The maximum absolute atomic E-state index is 7.17. The van der Waals surface area contributed by atoms with Crippen LogP contribution in [0.15, 0.2) is 129 Å². The molecule has 0 saturated heterocycles. The van der Waals surface area contributed by atoms with E-state index in [2.05, 4.69) is 161 Å². The van der Waals surface area contributed by atoms with Crippen molar-refractivity contribution in [3.63, 3.8) is 0 Å². The third kappa shape index (κ3) is 13.7. The van der Waals surface area contributed by atoms with Gasteiger partial charge in [-0.05, 0) is 57.4 Å². The van der Waals surface area contributed by atoms with E-state index in [0.29, 0.717) is 155 Å². The highest BCUT2D eigenvalue weighted by molar-refractivity contribution is 6.26. The molecule has 0 spiro atoms. The Morgan fingerprint density at radius 3 is 1.17 bits per heavy atom. The minimum Gasteiger partial charge on any atom is -0.501 e. The zero-order chi connectivity index (χ0) is 66.3. The normalized spacial score (nSPS) is 13.4. The molecule has 2 aliphatic rings. The van der Waals surface area contributed by atoms with E-state index in [9.17, 15) is 0 Å². The zero-order valence-corrected chi connectivity index (χ0v) is 57.4. The van der Waals surface area contributed by atoms with Gasteiger partial charge in [-0.1, -0.05) is 204 Å². The number of nitrogens with zero attached hydrogens (tertiary/aromatic N) is 4. The molecule has 96 heavy (non-hydrogen) atoms. The summed E-state index contributed by atoms with van der Waals surface area (Å²) in [5, 5.41) is 15.4. The number of aromatic nitrogens is 3. The van der Waals surface area contributed by atoms with Crippen LogP contribution in [0.3, 0.4) is 0 Å². The Bertz CT molecular complexity index is 4780. The molecule has 0 amide bonds. The standard InChI is InChI=1S/C80H94N8O8/c1-9-17-41-89-50-51-33-25-26-34-52(51)67(90-42-18-10-2)59-49-60-81-74(59)83-76-63-64(71(94-46-22-14-6)56-38-30-29-37-55(56)70(63)93-45-21-13-5)78(85-76)87-80-66-65(72(95-47-23-15-7)57-39-31-32-40-58(57)73(66)96-48-24-16-8)79(88-80)86-77-62-61(75(82-60)84-77)68(91-43-19-11-3)53-35-27-28-36-54(53)69(62)92-44-20-12-4/h25-40,49-50,84,86,88H,9-24,41-48H2,1-8H3,(H,81,82,83,85,87)/b51-50+,67-52+. The Morgan fingerprint density at radius 1 is 0.365 bits per heavy atom. The average molecular weight is 1300 g/mol. The van der Waals surface area contributed by atoms with Gasteiger partial charge in [-0.25, -0.2) is 20.0 Å². The molecular weight excluding hydrogens is 1200 g/mol. The summed E-state index contributed by atoms with van der Waals surface area (Å²) in [5.41, 5.74) is 1.56. The van der Waals surface area contributed by atoms with Crippen LogP contribution in [0.25, 0.3) is 76.7 Å². The second kappa shape index (κ2) is 31.9. The Morgan fingerprint density at radius 2 is 0.729 bits per heavy atom. The van der Waals surface area contributed by atoms with Crippen molar-refractivity contribution in [2.45, 2.75) is 158 Å². The largest absolute Gasteiger partial charge is 0.501 e. The average Bonchev–Trinajstić information content (AvgIpc) is 1.53. The molecule has 0 aliphatic carbocycles. The van der Waals surface area contributed by atoms with Gasteiger partial charge in [-0.15, -0.1) is 0 Å². The molecule has 502 valence electrons. The topological polar surface area (TPSA) is 183 Å². The van der Waals surface area contributed by atoms with Gasteiger partial charge < -0.3 is 58.2 Å². The van der Waals surface area contributed by atoms with Crippen molar-refractivity contribution in [3.05, 3.63) is 130 Å². The number of anilines is 2. The number of hydrogen-bond acceptors (Lipinski definition) is 13. The first kappa shape index (κ1) is 66.6. The Hall–Kier alpha value is -9.44. The molecule has 10 aromatic rings. The lowest BCUT2D eigenvalue weighted by atomic mass is 10.0. The first-order valence-electron chi connectivity index (χ1n) is 35.6. The highest BCUT2D eigenvalue weighted by Crippen LogP contribution is 2.54. The number of H-pyrrole nitrogens is 3. The number of nitrogens with one attached hydrogen (secondary N) is 4. The third-order valence-electron chi connectivity index (χ3n) is 17.7. The molecule has 2 aliphatic heterocycles. The maximum Gasteiger partial charge on any atom is 0.167 e. The van der Waals surface area contributed by atoms with E-state index in [1.165, 1.54) is 0 Å². The van der Waals surface area contributed by atoms with Gasteiger partial charge >= 0.3 is 0 Å². The first-order chi connectivity index (χ1) is 47.4. The molecule has 0 atom stereocenters. The fraction of sp³-hybridized carbons (Fsp3) is 0.400. The van der Waals surface area contributed by atoms with Crippen molar-refractivity contribution >= 4 is 112 Å². The molecule has 12 rings (SSSR count). The molecule has 0 radical (unpaired) electrons. The molecule has 0 fully saturated rings. The van der Waals surface area contributed by atoms with Crippen LogP contribution in [0.5, 0.6) is 34.5 Å². The molecule has 16 heteroatoms. The van der Waals surface area contributed by atoms with Crippen LogP contribution in [-0.4, -0.2) is 79.5 Å². The van der Waals surface area contributed by atoms with Gasteiger partial charge in [0, 0.05) is 42.8 Å². The Kier molecular flexibility index (Phi) is 22.1. The second-order valence-corrected chi connectivity index (χ2v) is 24.9. The van der Waals surface area contributed by atoms with E-state index in [0.717, 1.165) is 167 Å². The zero-order valence-electron chi connectivity index (χ0n) is 57.4. The third-order valence-corrected chi connectivity index (χ3v) is 17.7. The molecule has 7 aromatic carbocycles. The van der Waals surface area contributed by atoms with Crippen molar-refractivity contribution in [2.24, 2.45) is 20.0 Å². The van der Waals surface area contributed by atoms with Crippen LogP contribution in [0.4, 0.5) is 23.3 Å². The van der Waals surface area contributed by atoms with Crippen molar-refractivity contribution in [2.75, 3.05) is 58.2 Å². The van der Waals surface area contributed by atoms with Crippen molar-refractivity contribution in [1.29, 1.82) is 0 Å². The van der Waals surface area contributed by atoms with Crippen LogP contribution >= 0.6 is 0 Å². The number of hydrogen-bond donors (Lipinski definition) is 4. The highest BCUT2D eigenvalue weighted by atomic mass is 16.5. The van der Waals surface area contributed by atoms with Gasteiger partial charge in [-0.3, -0.25) is 0 Å². The van der Waals surface area contributed by atoms with E-state index in [1.807, 2.05) is 24.5 Å². The number of unbranched alkanes of at least 4 members (excludes halogenated alkanes) is 8. The summed E-state index contributed by atoms with van der Waals surface area (Å²) in [6.07, 6.45) is 18.1. The summed E-state index contributed by atoms with van der Waals surface area (Å²) in [6, 6.07) is 33.2. The molecule has 5 heterocycles. The van der Waals surface area contributed by atoms with E-state index in [-0.39, 0.29) is 0 Å². The summed E-state index contributed by atoms with van der Waals surface area (Å²) in [6.45, 7) is 21.2. The van der Waals surface area contributed by atoms with Gasteiger partial charge in [0.15, 0.2) is 11.7 Å². The molecule has 3 aromatic heterocycles. The molecule has 16 nitrogen and oxygen atoms in total. The maximum atomic E-state index is 7.17. The SMILES string of the molecule is CCCCO/C=c1\cccc\c1=C(/OCCCC)C1=CC2=Nc3[nH]c(c4c(OCCCC)c5ccccc5c(OCCCC)c34)Nc3[nH]c(c4c(OCCCC)c5ccccc5c(OCCCC)c34)N=c3[nH]c(c4c(OCCCC)c5ccccc5c(OCCCC)c34)=NC1=N2. The first-order valence-corrected chi connectivity index (χ1v) is 35.6. The predicted molar refractivity (Wildman–Crippen MR) is 393 cm³/mol. The number of aliphatic imine (C=N–C) groups is 2. The molecule has 0 unspecified atom stereocenters. The number of benzene rings is 7. The van der Waals surface area contributed by atoms with Crippen LogP contribution in [0.1, 0.15) is 158 Å². The number of aromatic amines is 3. The van der Waals surface area contributed by atoms with Crippen LogP contribution < -0.4 is 55.2 Å². The minimum atomic E-state index is 0.354. The summed E-state index contributed by atoms with van der Waals surface area (Å²) in [7, 11) is 0. The number of amidine groups is 2. The summed E-state index contributed by atoms with van der Waals surface area (Å²) in [5.74, 6) is 7.56. The van der Waals surface area contributed by atoms with Crippen LogP contribution in [0, 0.1) is 0 Å². The Balaban J connectivity index is 1.31. The number of ether oxygens (including phenoxy) is 8. The van der Waals surface area contributed by atoms with Crippen molar-refractivity contribution in [3.8, 4) is 34.5 Å². The monoisotopic (exact) mass is 1290 g/mol. The molecule has 8 bridgehead atoms. The smallest absolute Gasteiger partial charge is 0.167 e. The van der Waals surface area contributed by atoms with Gasteiger partial charge in [-0.2, -0.15) is 0 Å². The minimum absolute atomic E-state index is 0.354. The number of rotatable bonds is 33. The second-order valence-electron chi connectivity index (χ2n) is 24.9. The van der Waals surface area contributed by atoms with E-state index in [4.69, 9.17) is 57.9 Å². The molecular formula is C80H94N8O8. The van der Waals surface area contributed by atoms with Gasteiger partial charge in [0.25, 0.3) is 0 Å². The van der Waals surface area contributed by atoms with E-state index in [1.54, 1.807) is 0 Å². The van der Waals surface area contributed by atoms with Crippen molar-refractivity contribution < 1.29 is 37.9 Å². The van der Waals surface area contributed by atoms with Crippen molar-refractivity contribution in [1.82, 2.24) is 15.0 Å². The lowest BCUT2D eigenvalue weighted by Crippen LogP contribution is -2.29. The summed E-state index contributed by atoms with van der Waals surface area (Å²) in [4.78, 5) is 34.6. The van der Waals surface area contributed by atoms with Gasteiger partial charge in [0.1, 0.15) is 74.5 Å². The summed E-state index contributed by atoms with van der Waals surface area (Å²) >= 11 is 0. The van der Waals surface area contributed by atoms with Crippen LogP contribution in [-0.2, 0) is 9.47 Å². The Labute approximate surface area is 562 Å². The van der Waals surface area contributed by atoms with E-state index < -0.39 is 0 Å². The lowest BCUT2D eigenvalue weighted by molar-refractivity contribution is 0.268. The highest BCUT2D eigenvalue weighted by Gasteiger charge is 2.32. The fourth-order valence-electron chi connectivity index (χ4n) is 12.5. The fourth-order valence-corrected chi connectivity index (χ4v) is 12.5. The predicted octanol–water partition coefficient (Wildman–Crippen LogP) is 18.5. The van der Waals surface area contributed by atoms with Gasteiger partial charge in [0.05, 0.1) is 97.0 Å². The quantitative estimate of drug-likeness (QED) is 0.0291. The summed E-state index contributed by atoms with van der Waals surface area (Å²) < 4.78 is 56.2. The van der Waals surface area contributed by atoms with E-state index >= 15 is 0 Å². The number of fused-ring (bicyclic) bond motifs is 19.